The zero-order valence-electron chi connectivity index (χ0n) is 17.7. The molecule has 0 aliphatic carbocycles. The molecule has 12 heteroatoms. The van der Waals surface area contributed by atoms with Gasteiger partial charge in [-0.3, -0.25) is 4.79 Å². The van der Waals surface area contributed by atoms with Gasteiger partial charge in [0.25, 0.3) is 0 Å². The summed E-state index contributed by atoms with van der Waals surface area (Å²) in [6.45, 7) is 7.08. The van der Waals surface area contributed by atoms with Gasteiger partial charge in [0.2, 0.25) is 11.9 Å². The minimum Gasteiger partial charge on any atom is -0.475 e. The Balaban J connectivity index is 0.000000360. The molecule has 2 saturated heterocycles. The highest BCUT2D eigenvalue weighted by atomic mass is 32.1. The Hall–Kier alpha value is -2.76. The van der Waals surface area contributed by atoms with Crippen molar-refractivity contribution in [3.05, 3.63) is 34.0 Å². The number of hydrogen-bond acceptors (Lipinski definition) is 7. The van der Waals surface area contributed by atoms with Gasteiger partial charge in [-0.1, -0.05) is 0 Å². The van der Waals surface area contributed by atoms with E-state index in [2.05, 4.69) is 25.2 Å². The third kappa shape index (κ3) is 5.53. The van der Waals surface area contributed by atoms with E-state index in [-0.39, 0.29) is 11.3 Å². The molecule has 1 atom stereocenters. The normalized spacial score (nSPS) is 21.0. The van der Waals surface area contributed by atoms with Gasteiger partial charge >= 0.3 is 12.1 Å². The summed E-state index contributed by atoms with van der Waals surface area (Å²) < 4.78 is 31.7. The summed E-state index contributed by atoms with van der Waals surface area (Å²) in [6.07, 6.45) is 1.48. The molecule has 0 bridgehead atoms. The number of thiazole rings is 1. The highest BCUT2D eigenvalue weighted by Crippen LogP contribution is 2.41. The Morgan fingerprint density at radius 2 is 1.88 bits per heavy atom. The van der Waals surface area contributed by atoms with Crippen LogP contribution in [0.25, 0.3) is 0 Å². The summed E-state index contributed by atoms with van der Waals surface area (Å²) in [5.41, 5.74) is 1.77. The number of carbonyl (C=O) groups is 2. The number of piperidine rings is 1. The number of anilines is 1. The van der Waals surface area contributed by atoms with Crippen molar-refractivity contribution in [3.63, 3.8) is 0 Å². The van der Waals surface area contributed by atoms with Gasteiger partial charge in [-0.05, 0) is 38.7 Å². The van der Waals surface area contributed by atoms with E-state index in [1.807, 2.05) is 31.1 Å². The molecule has 2 aliphatic heterocycles. The Morgan fingerprint density at radius 1 is 1.22 bits per heavy atom. The van der Waals surface area contributed by atoms with Crippen LogP contribution in [0.15, 0.2) is 17.8 Å². The second-order valence-corrected chi connectivity index (χ2v) is 9.07. The van der Waals surface area contributed by atoms with Crippen molar-refractivity contribution in [2.75, 3.05) is 24.5 Å². The predicted octanol–water partition coefficient (Wildman–Crippen LogP) is 3.20. The number of carboxylic acid groups (broad SMARTS) is 1. The van der Waals surface area contributed by atoms with Crippen LogP contribution >= 0.6 is 11.3 Å². The Morgan fingerprint density at radius 3 is 2.44 bits per heavy atom. The number of aromatic nitrogens is 3. The van der Waals surface area contributed by atoms with Crippen LogP contribution in [0.4, 0.5) is 19.1 Å². The fraction of sp³-hybridized carbons (Fsp3) is 0.550. The van der Waals surface area contributed by atoms with E-state index in [4.69, 9.17) is 9.90 Å². The number of amides is 1. The zero-order chi connectivity index (χ0) is 23.5. The largest absolute Gasteiger partial charge is 0.490 e. The van der Waals surface area contributed by atoms with Crippen molar-refractivity contribution in [1.29, 1.82) is 0 Å². The minimum atomic E-state index is -5.08. The summed E-state index contributed by atoms with van der Waals surface area (Å²) in [5, 5.41) is 10.2. The molecule has 32 heavy (non-hydrogen) atoms. The molecule has 0 radical (unpaired) electrons. The number of aliphatic carboxylic acids is 1. The van der Waals surface area contributed by atoms with E-state index < -0.39 is 12.1 Å². The molecule has 1 N–H and O–H groups in total. The average Bonchev–Trinajstić information content (AvgIpc) is 3.27. The number of carbonyl (C=O) groups excluding carboxylic acids is 1. The van der Waals surface area contributed by atoms with E-state index in [0.29, 0.717) is 6.54 Å². The highest BCUT2D eigenvalue weighted by Gasteiger charge is 2.49. The lowest BCUT2D eigenvalue weighted by Crippen LogP contribution is -2.48. The van der Waals surface area contributed by atoms with E-state index >= 15 is 0 Å². The van der Waals surface area contributed by atoms with Crippen LogP contribution < -0.4 is 4.90 Å². The molecule has 8 nitrogen and oxygen atoms in total. The van der Waals surface area contributed by atoms with E-state index in [0.717, 1.165) is 61.1 Å². The van der Waals surface area contributed by atoms with Crippen LogP contribution in [-0.2, 0) is 16.1 Å². The third-order valence-electron chi connectivity index (χ3n) is 5.49. The van der Waals surface area contributed by atoms with Crippen molar-refractivity contribution in [1.82, 2.24) is 19.9 Å². The molecule has 0 saturated carbocycles. The van der Waals surface area contributed by atoms with Gasteiger partial charge in [-0.2, -0.15) is 13.2 Å². The van der Waals surface area contributed by atoms with Gasteiger partial charge in [-0.25, -0.2) is 19.7 Å². The molecule has 2 aromatic rings. The first kappa shape index (κ1) is 23.9. The molecular formula is C20H24F3N5O3S. The van der Waals surface area contributed by atoms with Crippen molar-refractivity contribution in [3.8, 4) is 0 Å². The smallest absolute Gasteiger partial charge is 0.475 e. The summed E-state index contributed by atoms with van der Waals surface area (Å²) in [7, 11) is 0. The first-order valence-electron chi connectivity index (χ1n) is 10.0. The summed E-state index contributed by atoms with van der Waals surface area (Å²) in [5.74, 6) is -1.74. The number of hydrogen-bond donors (Lipinski definition) is 1. The second kappa shape index (κ2) is 9.39. The van der Waals surface area contributed by atoms with E-state index in [1.165, 1.54) is 0 Å². The molecule has 1 amide bonds. The maximum atomic E-state index is 13.2. The number of nitrogens with zero attached hydrogens (tertiary/aromatic N) is 5. The van der Waals surface area contributed by atoms with Gasteiger partial charge in [-0.15, -0.1) is 11.3 Å². The number of halogens is 3. The first-order valence-corrected chi connectivity index (χ1v) is 10.9. The molecule has 1 unspecified atom stereocenters. The van der Waals surface area contributed by atoms with Crippen LogP contribution in [-0.4, -0.2) is 62.6 Å². The zero-order valence-corrected chi connectivity index (χ0v) is 18.5. The molecular weight excluding hydrogens is 447 g/mol. The minimum absolute atomic E-state index is 0.273. The van der Waals surface area contributed by atoms with Crippen molar-refractivity contribution >= 4 is 29.2 Å². The van der Waals surface area contributed by atoms with Crippen molar-refractivity contribution in [2.24, 2.45) is 5.41 Å². The second-order valence-electron chi connectivity index (χ2n) is 8.00. The predicted molar refractivity (Wildman–Crippen MR) is 111 cm³/mol. The summed E-state index contributed by atoms with van der Waals surface area (Å²) in [6, 6.07) is 0. The molecule has 2 aromatic heterocycles. The van der Waals surface area contributed by atoms with E-state index in [9.17, 15) is 18.0 Å². The Bertz CT molecular complexity index is 966. The Labute approximate surface area is 187 Å². The first-order chi connectivity index (χ1) is 15.0. The quantitative estimate of drug-likeness (QED) is 0.734. The molecule has 174 valence electrons. The summed E-state index contributed by atoms with van der Waals surface area (Å²) in [4.78, 5) is 39.6. The number of alkyl halides is 3. The van der Waals surface area contributed by atoms with Crippen molar-refractivity contribution < 1.29 is 27.9 Å². The maximum absolute atomic E-state index is 13.2. The molecule has 2 fully saturated rings. The number of likely N-dealkylation sites (tertiary alicyclic amines) is 1. The molecule has 2 aliphatic rings. The van der Waals surface area contributed by atoms with Gasteiger partial charge in [0.15, 0.2) is 0 Å². The van der Waals surface area contributed by atoms with Gasteiger partial charge in [0.05, 0.1) is 22.7 Å². The number of aryl methyl sites for hydroxylation is 2. The van der Waals surface area contributed by atoms with Gasteiger partial charge in [0, 0.05) is 37.4 Å². The highest BCUT2D eigenvalue weighted by molar-refractivity contribution is 7.09. The molecule has 0 aromatic carbocycles. The van der Waals surface area contributed by atoms with Gasteiger partial charge in [0.1, 0.15) is 0 Å². The fourth-order valence-corrected chi connectivity index (χ4v) is 4.55. The molecule has 4 rings (SSSR count). The van der Waals surface area contributed by atoms with Crippen LogP contribution in [0, 0.1) is 19.3 Å². The lowest BCUT2D eigenvalue weighted by molar-refractivity contribution is -0.192. The van der Waals surface area contributed by atoms with Crippen LogP contribution in [0.1, 0.15) is 35.5 Å². The van der Waals surface area contributed by atoms with Crippen LogP contribution in [0.3, 0.4) is 0 Å². The lowest BCUT2D eigenvalue weighted by Gasteiger charge is -2.39. The monoisotopic (exact) mass is 471 g/mol. The maximum Gasteiger partial charge on any atom is 0.490 e. The summed E-state index contributed by atoms with van der Waals surface area (Å²) >= 11 is 1.64. The topological polar surface area (TPSA) is 99.5 Å². The van der Waals surface area contributed by atoms with E-state index in [1.54, 1.807) is 11.3 Å². The van der Waals surface area contributed by atoms with Gasteiger partial charge < -0.3 is 14.9 Å². The average molecular weight is 472 g/mol. The SMILES string of the molecule is Cc1cnc(N2CCCC3(CCN(Cc4csc(C)n4)C3=O)C2)nc1.O=C(O)C(F)(F)F. The fourth-order valence-electron chi connectivity index (χ4n) is 3.95. The number of rotatable bonds is 3. The number of carboxylic acids is 1. The van der Waals surface area contributed by atoms with Crippen LogP contribution in [0.2, 0.25) is 0 Å². The Kier molecular flexibility index (Phi) is 7.01. The van der Waals surface area contributed by atoms with Crippen LogP contribution in [0.5, 0.6) is 0 Å². The lowest BCUT2D eigenvalue weighted by atomic mass is 9.78. The molecule has 4 heterocycles. The third-order valence-corrected chi connectivity index (χ3v) is 6.31. The molecule has 1 spiro atoms. The standard InChI is InChI=1S/C18H23N5OS.C2HF3O2/c1-13-8-19-17(20-9-13)23-6-3-4-18(12-23)5-7-22(16(18)24)10-15-11-25-14(2)21-15;3-2(4,5)1(6)7/h8-9,11H,3-7,10,12H2,1-2H3;(H,6,7). The van der Waals surface area contributed by atoms with Crippen molar-refractivity contribution in [2.45, 2.75) is 45.8 Å².